The van der Waals surface area contributed by atoms with Crippen molar-refractivity contribution in [3.63, 3.8) is 0 Å². The van der Waals surface area contributed by atoms with Crippen molar-refractivity contribution in [2.24, 2.45) is 5.73 Å². The lowest BCUT2D eigenvalue weighted by Crippen LogP contribution is -1.95. The first-order valence-electron chi connectivity index (χ1n) is 11.1. The van der Waals surface area contributed by atoms with Gasteiger partial charge in [0.2, 0.25) is 0 Å². The highest BCUT2D eigenvalue weighted by Gasteiger charge is 2.14. The smallest absolute Gasteiger partial charge is 0.161 e. The Morgan fingerprint density at radius 3 is 2.15 bits per heavy atom. The third-order valence-electron chi connectivity index (χ3n) is 4.27. The number of aromatic nitrogens is 2. The number of methoxy groups -OCH3 is 3. The van der Waals surface area contributed by atoms with E-state index in [9.17, 15) is 5.11 Å². The Morgan fingerprint density at radius 2 is 1.65 bits per heavy atom. The van der Waals surface area contributed by atoms with Crippen molar-refractivity contribution in [3.05, 3.63) is 48.0 Å². The summed E-state index contributed by atoms with van der Waals surface area (Å²) in [5, 5.41) is 28.0. The summed E-state index contributed by atoms with van der Waals surface area (Å²) in [6.45, 7) is 6.66. The Morgan fingerprint density at radius 1 is 1.00 bits per heavy atom. The Kier molecular flexibility index (Phi) is 16.4. The molecule has 3 aromatic rings. The second kappa shape index (κ2) is 18.2. The number of ether oxygens (including phenoxy) is 3. The van der Waals surface area contributed by atoms with Crippen molar-refractivity contribution in [2.45, 2.75) is 27.2 Å². The molecule has 1 aromatic heterocycles. The highest BCUT2D eigenvalue weighted by atomic mass is 16.5. The van der Waals surface area contributed by atoms with E-state index in [1.807, 2.05) is 38.1 Å². The van der Waals surface area contributed by atoms with Gasteiger partial charge in [0.25, 0.3) is 0 Å². The minimum atomic E-state index is 0.122. The van der Waals surface area contributed by atoms with Gasteiger partial charge < -0.3 is 35.5 Å². The van der Waals surface area contributed by atoms with E-state index in [0.717, 1.165) is 28.9 Å². The summed E-state index contributed by atoms with van der Waals surface area (Å²) in [5.41, 5.74) is 8.28. The number of aryl methyl sites for hydroxylation is 1. The van der Waals surface area contributed by atoms with Gasteiger partial charge in [0, 0.05) is 30.5 Å². The van der Waals surface area contributed by atoms with Gasteiger partial charge in [-0.2, -0.15) is 5.10 Å². The summed E-state index contributed by atoms with van der Waals surface area (Å²) in [7, 11) is 6.30. The molecule has 2 aromatic carbocycles. The van der Waals surface area contributed by atoms with Crippen LogP contribution < -0.4 is 20.5 Å². The molecule has 0 aliphatic carbocycles. The van der Waals surface area contributed by atoms with Crippen LogP contribution in [0.1, 0.15) is 26.3 Å². The standard InChI is InChI=1S/C19H21N3O3.C3H8O2.C2H6.CH5N/c1-4-12-8-17(24-2)18(25-3)10-15(12)16-11-19(22-21-16)20-13-6-5-7-14(23)9-13;1-5-3-2-4;2*1-2/h5-11,23H,4H2,1-3H3,(H2,20,21,22);4H,2-3H2,1H3;1-2H3;2H2,1H3. The van der Waals surface area contributed by atoms with Crippen molar-refractivity contribution >= 4 is 11.5 Å². The van der Waals surface area contributed by atoms with Crippen LogP contribution in [0, 0.1) is 0 Å². The van der Waals surface area contributed by atoms with E-state index < -0.39 is 0 Å². The highest BCUT2D eigenvalue weighted by Crippen LogP contribution is 2.36. The summed E-state index contributed by atoms with van der Waals surface area (Å²) < 4.78 is 15.2. The molecule has 9 heteroatoms. The van der Waals surface area contributed by atoms with Crippen molar-refractivity contribution in [1.82, 2.24) is 10.2 Å². The lowest BCUT2D eigenvalue weighted by atomic mass is 10.0. The van der Waals surface area contributed by atoms with Crippen LogP contribution in [0.2, 0.25) is 0 Å². The highest BCUT2D eigenvalue weighted by molar-refractivity contribution is 5.72. The number of nitrogens with one attached hydrogen (secondary N) is 2. The maximum absolute atomic E-state index is 9.56. The molecule has 0 unspecified atom stereocenters. The summed E-state index contributed by atoms with van der Waals surface area (Å²) in [6.07, 6.45) is 0.851. The molecule has 0 saturated heterocycles. The average Bonchev–Trinajstić information content (AvgIpc) is 3.34. The SMILES string of the molecule is CC.CCc1cc(OC)c(OC)cc1-c1cc(Nc2cccc(O)c2)n[nH]1.CN.COCCO. The number of hydrogen-bond donors (Lipinski definition) is 5. The minimum absolute atomic E-state index is 0.122. The maximum Gasteiger partial charge on any atom is 0.161 e. The predicted molar refractivity (Wildman–Crippen MR) is 138 cm³/mol. The summed E-state index contributed by atoms with van der Waals surface area (Å²) in [6, 6.07) is 12.8. The van der Waals surface area contributed by atoms with Crippen LogP contribution in [0.3, 0.4) is 0 Å². The normalized spacial score (nSPS) is 9.32. The number of aromatic hydroxyl groups is 1. The largest absolute Gasteiger partial charge is 0.508 e. The number of benzene rings is 2. The second-order valence-corrected chi connectivity index (χ2v) is 6.28. The van der Waals surface area contributed by atoms with E-state index in [4.69, 9.17) is 14.6 Å². The lowest BCUT2D eigenvalue weighted by Gasteiger charge is -2.13. The molecular formula is C25H40N4O5. The fourth-order valence-electron chi connectivity index (χ4n) is 2.81. The Bertz CT molecular complexity index is 929. The zero-order valence-corrected chi connectivity index (χ0v) is 21.3. The van der Waals surface area contributed by atoms with Gasteiger partial charge in [0.15, 0.2) is 17.3 Å². The van der Waals surface area contributed by atoms with Crippen LogP contribution in [-0.2, 0) is 11.2 Å². The number of rotatable bonds is 8. The summed E-state index contributed by atoms with van der Waals surface area (Å²) in [5.74, 6) is 2.25. The molecule has 0 spiro atoms. The quantitative estimate of drug-likeness (QED) is 0.324. The number of nitrogens with zero attached hydrogens (tertiary/aromatic N) is 1. The number of phenols is 1. The Labute approximate surface area is 202 Å². The van der Waals surface area contributed by atoms with Gasteiger partial charge in [-0.1, -0.05) is 26.8 Å². The minimum Gasteiger partial charge on any atom is -0.508 e. The third kappa shape index (κ3) is 9.70. The lowest BCUT2D eigenvalue weighted by molar-refractivity contribution is 0.135. The van der Waals surface area contributed by atoms with E-state index in [-0.39, 0.29) is 12.4 Å². The predicted octanol–water partition coefficient (Wildman–Crippen LogP) is 4.33. The van der Waals surface area contributed by atoms with E-state index >= 15 is 0 Å². The summed E-state index contributed by atoms with van der Waals surface area (Å²) in [4.78, 5) is 0. The van der Waals surface area contributed by atoms with Gasteiger partial charge in [0.1, 0.15) is 5.75 Å². The van der Waals surface area contributed by atoms with Crippen LogP contribution in [0.15, 0.2) is 42.5 Å². The van der Waals surface area contributed by atoms with Crippen molar-refractivity contribution in [3.8, 4) is 28.5 Å². The molecule has 3 rings (SSSR count). The Balaban J connectivity index is 0.00000106. The van der Waals surface area contributed by atoms with Gasteiger partial charge in [-0.05, 0) is 43.3 Å². The first-order valence-corrected chi connectivity index (χ1v) is 11.1. The van der Waals surface area contributed by atoms with Crippen LogP contribution in [0.25, 0.3) is 11.3 Å². The van der Waals surface area contributed by atoms with Gasteiger partial charge in [-0.15, -0.1) is 0 Å². The monoisotopic (exact) mass is 476 g/mol. The molecule has 0 fully saturated rings. The van der Waals surface area contributed by atoms with Crippen LogP contribution in [0.4, 0.5) is 11.5 Å². The van der Waals surface area contributed by atoms with Crippen molar-refractivity contribution in [2.75, 3.05) is 46.9 Å². The molecule has 1 heterocycles. The van der Waals surface area contributed by atoms with E-state index in [1.165, 1.54) is 7.05 Å². The first kappa shape index (κ1) is 30.7. The van der Waals surface area contributed by atoms with Crippen molar-refractivity contribution < 1.29 is 24.4 Å². The van der Waals surface area contributed by atoms with Crippen LogP contribution in [-0.4, -0.2) is 62.0 Å². The Hall–Kier alpha value is -3.27. The number of hydrogen-bond acceptors (Lipinski definition) is 8. The number of phenolic OH excluding ortho intramolecular Hbond substituents is 1. The fourth-order valence-corrected chi connectivity index (χ4v) is 2.81. The molecule has 0 amide bonds. The fraction of sp³-hybridized carbons (Fsp3) is 0.400. The molecule has 0 atom stereocenters. The summed E-state index contributed by atoms with van der Waals surface area (Å²) >= 11 is 0. The van der Waals surface area contributed by atoms with Gasteiger partial charge in [-0.3, -0.25) is 5.10 Å². The molecule has 9 nitrogen and oxygen atoms in total. The second-order valence-electron chi connectivity index (χ2n) is 6.28. The number of H-pyrrole nitrogens is 1. The topological polar surface area (TPSA) is 135 Å². The molecule has 0 saturated carbocycles. The number of nitrogens with two attached hydrogens (primary N) is 1. The zero-order chi connectivity index (χ0) is 25.9. The number of aliphatic hydroxyl groups excluding tert-OH is 1. The number of anilines is 2. The molecule has 0 bridgehead atoms. The van der Waals surface area contributed by atoms with E-state index in [0.29, 0.717) is 23.9 Å². The third-order valence-corrected chi connectivity index (χ3v) is 4.27. The number of aliphatic hydroxyl groups is 1. The van der Waals surface area contributed by atoms with Gasteiger partial charge in [0.05, 0.1) is 33.1 Å². The molecule has 34 heavy (non-hydrogen) atoms. The van der Waals surface area contributed by atoms with E-state index in [2.05, 4.69) is 32.9 Å². The molecule has 0 aliphatic heterocycles. The molecular weight excluding hydrogens is 436 g/mol. The average molecular weight is 477 g/mol. The molecule has 190 valence electrons. The van der Waals surface area contributed by atoms with Gasteiger partial charge >= 0.3 is 0 Å². The molecule has 0 aliphatic rings. The van der Waals surface area contributed by atoms with E-state index in [1.54, 1.807) is 39.5 Å². The van der Waals surface area contributed by atoms with Crippen LogP contribution in [0.5, 0.6) is 17.2 Å². The number of aromatic amines is 1. The van der Waals surface area contributed by atoms with Crippen molar-refractivity contribution in [1.29, 1.82) is 0 Å². The van der Waals surface area contributed by atoms with Gasteiger partial charge in [-0.25, -0.2) is 0 Å². The van der Waals surface area contributed by atoms with Crippen LogP contribution >= 0.6 is 0 Å². The maximum atomic E-state index is 9.56. The first-order chi connectivity index (χ1) is 16.6. The molecule has 6 N–H and O–H groups in total. The zero-order valence-electron chi connectivity index (χ0n) is 21.3. The molecule has 0 radical (unpaired) electrons.